The number of hydrogen-bond acceptors (Lipinski definition) is 5. The Hall–Kier alpha value is -2.28. The van der Waals surface area contributed by atoms with Crippen molar-refractivity contribution < 1.29 is 23.9 Å². The molecule has 2 rings (SSSR count). The van der Waals surface area contributed by atoms with E-state index in [1.165, 1.54) is 6.92 Å². The average Bonchev–Trinajstić information content (AvgIpc) is 2.65. The van der Waals surface area contributed by atoms with E-state index < -0.39 is 17.7 Å². The second kappa shape index (κ2) is 9.96. The van der Waals surface area contributed by atoms with Gasteiger partial charge < -0.3 is 19.7 Å². The molecule has 0 aliphatic carbocycles. The minimum atomic E-state index is -0.908. The van der Waals surface area contributed by atoms with Crippen molar-refractivity contribution in [2.75, 3.05) is 13.1 Å². The molecule has 0 unspecified atom stereocenters. The number of ether oxygens (including phenoxy) is 2. The van der Waals surface area contributed by atoms with Crippen LogP contribution in [-0.2, 0) is 25.6 Å². The molecule has 1 fully saturated rings. The van der Waals surface area contributed by atoms with E-state index in [0.717, 1.165) is 5.56 Å². The summed E-state index contributed by atoms with van der Waals surface area (Å²) in [7, 11) is 0. The number of nitrogens with zero attached hydrogens (tertiary/aromatic N) is 1. The number of carbonyl (C=O) groups excluding carboxylic acids is 3. The summed E-state index contributed by atoms with van der Waals surface area (Å²) in [5, 5.41) is 3.29. The summed E-state index contributed by atoms with van der Waals surface area (Å²) in [6.45, 7) is 8.07. The van der Waals surface area contributed by atoms with Crippen LogP contribution >= 0.6 is 11.6 Å². The van der Waals surface area contributed by atoms with Crippen molar-refractivity contribution in [2.24, 2.45) is 5.92 Å². The van der Waals surface area contributed by atoms with Crippen molar-refractivity contribution in [1.82, 2.24) is 10.2 Å². The molecule has 29 heavy (non-hydrogen) atoms. The van der Waals surface area contributed by atoms with E-state index >= 15 is 0 Å². The number of hydrogen-bond donors (Lipinski definition) is 1. The van der Waals surface area contributed by atoms with Gasteiger partial charge in [0, 0.05) is 24.7 Å². The maximum absolute atomic E-state index is 12.4. The highest BCUT2D eigenvalue weighted by molar-refractivity contribution is 6.31. The van der Waals surface area contributed by atoms with E-state index in [1.807, 2.05) is 39.0 Å². The van der Waals surface area contributed by atoms with Gasteiger partial charge in [0.2, 0.25) is 0 Å². The molecule has 0 bridgehead atoms. The molecule has 1 atom stereocenters. The molecule has 1 saturated heterocycles. The molecule has 0 saturated carbocycles. The normalized spacial score (nSPS) is 16.1. The van der Waals surface area contributed by atoms with Crippen molar-refractivity contribution in [3.05, 3.63) is 34.9 Å². The molecule has 1 aromatic rings. The molecule has 1 heterocycles. The Labute approximate surface area is 176 Å². The van der Waals surface area contributed by atoms with Crippen LogP contribution in [0.4, 0.5) is 4.79 Å². The lowest BCUT2D eigenvalue weighted by molar-refractivity contribution is -0.160. The van der Waals surface area contributed by atoms with Gasteiger partial charge in [-0.15, -0.1) is 0 Å². The molecule has 0 aromatic heterocycles. The lowest BCUT2D eigenvalue weighted by Crippen LogP contribution is -2.44. The molecule has 7 nitrogen and oxygen atoms in total. The molecule has 0 radical (unpaired) electrons. The van der Waals surface area contributed by atoms with Crippen molar-refractivity contribution >= 4 is 29.6 Å². The fraction of sp³-hybridized carbons (Fsp3) is 0.571. The Morgan fingerprint density at radius 2 is 1.83 bits per heavy atom. The maximum Gasteiger partial charge on any atom is 0.410 e. The van der Waals surface area contributed by atoms with Gasteiger partial charge in [-0.1, -0.05) is 29.8 Å². The van der Waals surface area contributed by atoms with E-state index in [1.54, 1.807) is 11.0 Å². The maximum atomic E-state index is 12.4. The summed E-state index contributed by atoms with van der Waals surface area (Å²) in [4.78, 5) is 38.3. The van der Waals surface area contributed by atoms with Gasteiger partial charge in [-0.2, -0.15) is 0 Å². The van der Waals surface area contributed by atoms with Crippen LogP contribution in [0.5, 0.6) is 0 Å². The largest absolute Gasteiger partial charge is 0.452 e. The number of piperidine rings is 1. The minimum Gasteiger partial charge on any atom is -0.452 e. The number of benzene rings is 1. The topological polar surface area (TPSA) is 84.9 Å². The van der Waals surface area contributed by atoms with Crippen LogP contribution in [0, 0.1) is 5.92 Å². The van der Waals surface area contributed by atoms with E-state index in [4.69, 9.17) is 21.1 Å². The van der Waals surface area contributed by atoms with Crippen LogP contribution in [0.2, 0.25) is 5.02 Å². The van der Waals surface area contributed by atoms with Crippen molar-refractivity contribution in [3.8, 4) is 0 Å². The van der Waals surface area contributed by atoms with Crippen molar-refractivity contribution in [3.63, 3.8) is 0 Å². The first-order valence-corrected chi connectivity index (χ1v) is 10.1. The highest BCUT2D eigenvalue weighted by Gasteiger charge is 2.32. The predicted octanol–water partition coefficient (Wildman–Crippen LogP) is 3.54. The smallest absolute Gasteiger partial charge is 0.410 e. The standard InChI is InChI=1S/C21H29ClN2O5/c1-14(18(25)23-13-16-7-5-6-8-17(16)22)28-19(26)15-9-11-24(12-10-15)20(27)29-21(2,3)4/h5-8,14-15H,9-13H2,1-4H3,(H,23,25)/t14-/m0/s1. The zero-order valence-corrected chi connectivity index (χ0v) is 18.1. The van der Waals surface area contributed by atoms with Crippen LogP contribution in [0.15, 0.2) is 24.3 Å². The number of nitrogens with one attached hydrogen (secondary N) is 1. The van der Waals surface area contributed by atoms with E-state index in [9.17, 15) is 14.4 Å². The Morgan fingerprint density at radius 1 is 1.21 bits per heavy atom. The SMILES string of the molecule is C[C@H](OC(=O)C1CCN(C(=O)OC(C)(C)C)CC1)C(=O)NCc1ccccc1Cl. The third-order valence-electron chi connectivity index (χ3n) is 4.55. The first-order chi connectivity index (χ1) is 13.6. The summed E-state index contributed by atoms with van der Waals surface area (Å²) < 4.78 is 10.7. The number of amides is 2. The third kappa shape index (κ3) is 7.24. The van der Waals surface area contributed by atoms with Gasteiger partial charge in [0.15, 0.2) is 6.10 Å². The van der Waals surface area contributed by atoms with Gasteiger partial charge in [-0.25, -0.2) is 4.79 Å². The number of halogens is 1. The first kappa shape index (κ1) is 23.0. The Bertz CT molecular complexity index is 739. The highest BCUT2D eigenvalue weighted by Crippen LogP contribution is 2.21. The third-order valence-corrected chi connectivity index (χ3v) is 4.92. The average molecular weight is 425 g/mol. The molecular weight excluding hydrogens is 396 g/mol. The molecular formula is C21H29ClN2O5. The molecule has 1 aliphatic heterocycles. The Kier molecular flexibility index (Phi) is 7.90. The van der Waals surface area contributed by atoms with Crippen LogP contribution in [0.25, 0.3) is 0 Å². The summed E-state index contributed by atoms with van der Waals surface area (Å²) >= 11 is 6.07. The lowest BCUT2D eigenvalue weighted by Gasteiger charge is -2.32. The van der Waals surface area contributed by atoms with Gasteiger partial charge in [0.25, 0.3) is 5.91 Å². The van der Waals surface area contributed by atoms with Crippen LogP contribution in [-0.4, -0.2) is 47.7 Å². The molecule has 8 heteroatoms. The van der Waals surface area contributed by atoms with Crippen molar-refractivity contribution in [2.45, 2.75) is 58.8 Å². The second-order valence-corrected chi connectivity index (χ2v) is 8.54. The van der Waals surface area contributed by atoms with E-state index in [-0.39, 0.29) is 24.5 Å². The molecule has 0 spiro atoms. The van der Waals surface area contributed by atoms with Gasteiger partial charge in [-0.05, 0) is 52.2 Å². The molecule has 160 valence electrons. The zero-order chi connectivity index (χ0) is 21.6. The monoisotopic (exact) mass is 424 g/mol. The fourth-order valence-corrected chi connectivity index (χ4v) is 3.12. The minimum absolute atomic E-state index is 0.259. The van der Waals surface area contributed by atoms with Crippen molar-refractivity contribution in [1.29, 1.82) is 0 Å². The quantitative estimate of drug-likeness (QED) is 0.731. The van der Waals surface area contributed by atoms with E-state index in [0.29, 0.717) is 31.0 Å². The van der Waals surface area contributed by atoms with E-state index in [2.05, 4.69) is 5.32 Å². The van der Waals surface area contributed by atoms with Crippen LogP contribution < -0.4 is 5.32 Å². The number of esters is 1. The second-order valence-electron chi connectivity index (χ2n) is 8.13. The molecule has 1 aromatic carbocycles. The number of rotatable bonds is 5. The van der Waals surface area contributed by atoms with Gasteiger partial charge in [0.05, 0.1) is 5.92 Å². The number of carbonyl (C=O) groups is 3. The predicted molar refractivity (Wildman–Crippen MR) is 109 cm³/mol. The summed E-state index contributed by atoms with van der Waals surface area (Å²) in [5.74, 6) is -1.15. The van der Waals surface area contributed by atoms with Gasteiger partial charge in [0.1, 0.15) is 5.60 Å². The van der Waals surface area contributed by atoms with Crippen LogP contribution in [0.3, 0.4) is 0 Å². The summed E-state index contributed by atoms with van der Waals surface area (Å²) in [5.41, 5.74) is 0.232. The van der Waals surface area contributed by atoms with Crippen LogP contribution in [0.1, 0.15) is 46.1 Å². The fourth-order valence-electron chi connectivity index (χ4n) is 2.92. The zero-order valence-electron chi connectivity index (χ0n) is 17.4. The Morgan fingerprint density at radius 3 is 2.41 bits per heavy atom. The van der Waals surface area contributed by atoms with Gasteiger partial charge >= 0.3 is 12.1 Å². The highest BCUT2D eigenvalue weighted by atomic mass is 35.5. The Balaban J connectivity index is 1.76. The first-order valence-electron chi connectivity index (χ1n) is 9.76. The number of likely N-dealkylation sites (tertiary alicyclic amines) is 1. The summed E-state index contributed by atoms with van der Waals surface area (Å²) in [6.07, 6.45) is -0.330. The molecule has 1 aliphatic rings. The molecule has 1 N–H and O–H groups in total. The van der Waals surface area contributed by atoms with Gasteiger partial charge in [-0.3, -0.25) is 9.59 Å². The lowest BCUT2D eigenvalue weighted by atomic mass is 9.97. The summed E-state index contributed by atoms with van der Waals surface area (Å²) in [6, 6.07) is 7.21. The molecule has 2 amide bonds.